The van der Waals surface area contributed by atoms with Crippen LogP contribution in [0, 0.1) is 0 Å². The van der Waals surface area contributed by atoms with Crippen LogP contribution in [-0.2, 0) is 13.1 Å². The predicted octanol–water partition coefficient (Wildman–Crippen LogP) is 4.14. The molecule has 5 rings (SSSR count). The zero-order valence-electron chi connectivity index (χ0n) is 17.7. The van der Waals surface area contributed by atoms with Gasteiger partial charge in [0.2, 0.25) is 0 Å². The monoisotopic (exact) mass is 416 g/mol. The van der Waals surface area contributed by atoms with Gasteiger partial charge in [0.25, 0.3) is 11.8 Å². The fourth-order valence-corrected chi connectivity index (χ4v) is 4.77. The lowest BCUT2D eigenvalue weighted by atomic mass is 10.1. The fourth-order valence-electron chi connectivity index (χ4n) is 4.77. The fraction of sp³-hybridized carbons (Fsp3) is 0.400. The highest BCUT2D eigenvalue weighted by Gasteiger charge is 2.28. The van der Waals surface area contributed by atoms with Crippen molar-refractivity contribution in [2.75, 3.05) is 6.54 Å². The van der Waals surface area contributed by atoms with E-state index in [2.05, 4.69) is 10.3 Å². The molecule has 2 aromatic carbocycles. The third-order valence-corrected chi connectivity index (χ3v) is 6.49. The van der Waals surface area contributed by atoms with Gasteiger partial charge in [-0.15, -0.1) is 0 Å². The molecule has 0 radical (unpaired) electrons. The van der Waals surface area contributed by atoms with E-state index >= 15 is 0 Å². The van der Waals surface area contributed by atoms with Crippen LogP contribution in [0.4, 0.5) is 0 Å². The topological polar surface area (TPSA) is 67.2 Å². The van der Waals surface area contributed by atoms with E-state index in [1.165, 1.54) is 25.7 Å². The SMILES string of the molecule is O=C(NC1CCCCCC1)c1ccc2c(c1)nc1n2CCN(Cc2ccccc2)C1=O. The van der Waals surface area contributed by atoms with Gasteiger partial charge in [-0.2, -0.15) is 0 Å². The Labute approximate surface area is 182 Å². The Morgan fingerprint density at radius 1 is 1.00 bits per heavy atom. The summed E-state index contributed by atoms with van der Waals surface area (Å²) in [5.41, 5.74) is 3.34. The molecule has 0 bridgehead atoms. The number of benzene rings is 2. The molecule has 0 atom stereocenters. The van der Waals surface area contributed by atoms with Gasteiger partial charge in [-0.1, -0.05) is 56.0 Å². The average molecular weight is 417 g/mol. The van der Waals surface area contributed by atoms with Crippen molar-refractivity contribution in [1.29, 1.82) is 0 Å². The second-order valence-electron chi connectivity index (χ2n) is 8.66. The van der Waals surface area contributed by atoms with E-state index < -0.39 is 0 Å². The van der Waals surface area contributed by atoms with Crippen LogP contribution in [0.3, 0.4) is 0 Å². The van der Waals surface area contributed by atoms with Crippen molar-refractivity contribution >= 4 is 22.8 Å². The van der Waals surface area contributed by atoms with Crippen molar-refractivity contribution in [1.82, 2.24) is 19.8 Å². The van der Waals surface area contributed by atoms with Gasteiger partial charge < -0.3 is 14.8 Å². The van der Waals surface area contributed by atoms with E-state index in [1.807, 2.05) is 58.0 Å². The highest BCUT2D eigenvalue weighted by molar-refractivity contribution is 6.00. The number of carbonyl (C=O) groups excluding carboxylic acids is 2. The number of nitrogens with zero attached hydrogens (tertiary/aromatic N) is 3. The summed E-state index contributed by atoms with van der Waals surface area (Å²) in [7, 11) is 0. The lowest BCUT2D eigenvalue weighted by molar-refractivity contribution is 0.0685. The number of fused-ring (bicyclic) bond motifs is 3. The third-order valence-electron chi connectivity index (χ3n) is 6.49. The third kappa shape index (κ3) is 4.07. The number of aromatic nitrogens is 2. The minimum Gasteiger partial charge on any atom is -0.349 e. The summed E-state index contributed by atoms with van der Waals surface area (Å²) in [4.78, 5) is 32.3. The summed E-state index contributed by atoms with van der Waals surface area (Å²) >= 11 is 0. The predicted molar refractivity (Wildman–Crippen MR) is 120 cm³/mol. The van der Waals surface area contributed by atoms with Gasteiger partial charge in [-0.25, -0.2) is 4.98 Å². The Hall–Kier alpha value is -3.15. The van der Waals surface area contributed by atoms with Gasteiger partial charge in [0, 0.05) is 31.2 Å². The Kier molecular flexibility index (Phi) is 5.45. The first-order chi connectivity index (χ1) is 15.2. The number of amides is 2. The molecular formula is C25H28N4O2. The van der Waals surface area contributed by atoms with Crippen LogP contribution >= 0.6 is 0 Å². The molecule has 6 heteroatoms. The first kappa shape index (κ1) is 19.8. The minimum atomic E-state index is -0.0595. The molecule has 1 aromatic heterocycles. The largest absolute Gasteiger partial charge is 0.349 e. The van der Waals surface area contributed by atoms with Crippen LogP contribution < -0.4 is 5.32 Å². The van der Waals surface area contributed by atoms with Gasteiger partial charge in [-0.05, 0) is 36.6 Å². The number of hydrogen-bond donors (Lipinski definition) is 1. The number of rotatable bonds is 4. The van der Waals surface area contributed by atoms with Crippen molar-refractivity contribution in [2.45, 2.75) is 57.7 Å². The zero-order chi connectivity index (χ0) is 21.2. The quantitative estimate of drug-likeness (QED) is 0.650. The summed E-state index contributed by atoms with van der Waals surface area (Å²) in [6.07, 6.45) is 6.98. The van der Waals surface area contributed by atoms with Crippen molar-refractivity contribution in [2.24, 2.45) is 0 Å². The highest BCUT2D eigenvalue weighted by atomic mass is 16.2. The molecule has 31 heavy (non-hydrogen) atoms. The first-order valence-electron chi connectivity index (χ1n) is 11.3. The molecule has 1 fully saturated rings. The summed E-state index contributed by atoms with van der Waals surface area (Å²) in [6.45, 7) is 1.94. The second-order valence-corrected chi connectivity index (χ2v) is 8.66. The molecule has 0 spiro atoms. The smallest absolute Gasteiger partial charge is 0.290 e. The standard InChI is InChI=1S/C25H28N4O2/c30-24(26-20-10-6-1-2-7-11-20)19-12-13-22-21(16-19)27-23-25(31)28(14-15-29(22)23)17-18-8-4-3-5-9-18/h3-5,8-9,12-13,16,20H,1-2,6-7,10-11,14-15,17H2,(H,26,30). The lowest BCUT2D eigenvalue weighted by Gasteiger charge is -2.27. The van der Waals surface area contributed by atoms with Crippen LogP contribution in [0.25, 0.3) is 11.0 Å². The molecule has 0 saturated heterocycles. The van der Waals surface area contributed by atoms with E-state index in [0.29, 0.717) is 36.5 Å². The maximum Gasteiger partial charge on any atom is 0.290 e. The van der Waals surface area contributed by atoms with Gasteiger partial charge in [-0.3, -0.25) is 9.59 Å². The number of nitrogens with one attached hydrogen (secondary N) is 1. The lowest BCUT2D eigenvalue weighted by Crippen LogP contribution is -2.39. The first-order valence-corrected chi connectivity index (χ1v) is 11.3. The summed E-state index contributed by atoms with van der Waals surface area (Å²) in [6, 6.07) is 15.9. The number of hydrogen-bond acceptors (Lipinski definition) is 3. The molecule has 160 valence electrons. The van der Waals surface area contributed by atoms with Crippen LogP contribution in [-0.4, -0.2) is 38.9 Å². The van der Waals surface area contributed by atoms with Crippen molar-refractivity contribution in [3.63, 3.8) is 0 Å². The summed E-state index contributed by atoms with van der Waals surface area (Å²) in [5, 5.41) is 3.20. The molecule has 2 amide bonds. The van der Waals surface area contributed by atoms with Crippen LogP contribution in [0.15, 0.2) is 48.5 Å². The Bertz CT molecular complexity index is 1100. The molecule has 1 aliphatic carbocycles. The summed E-state index contributed by atoms with van der Waals surface area (Å²) in [5.74, 6) is 0.353. The Morgan fingerprint density at radius 2 is 1.77 bits per heavy atom. The molecule has 1 N–H and O–H groups in total. The van der Waals surface area contributed by atoms with E-state index in [1.54, 1.807) is 0 Å². The van der Waals surface area contributed by atoms with Crippen molar-refractivity contribution < 1.29 is 9.59 Å². The van der Waals surface area contributed by atoms with Crippen LogP contribution in [0.5, 0.6) is 0 Å². The zero-order valence-corrected chi connectivity index (χ0v) is 17.7. The molecule has 6 nitrogen and oxygen atoms in total. The van der Waals surface area contributed by atoms with Crippen LogP contribution in [0.2, 0.25) is 0 Å². The van der Waals surface area contributed by atoms with Gasteiger partial charge in [0.1, 0.15) is 0 Å². The van der Waals surface area contributed by atoms with Gasteiger partial charge in [0.05, 0.1) is 11.0 Å². The normalized spacial score (nSPS) is 17.4. The molecule has 1 saturated carbocycles. The van der Waals surface area contributed by atoms with Crippen molar-refractivity contribution in [3.8, 4) is 0 Å². The molecule has 2 aliphatic rings. The van der Waals surface area contributed by atoms with E-state index in [9.17, 15) is 9.59 Å². The van der Waals surface area contributed by atoms with Gasteiger partial charge >= 0.3 is 0 Å². The minimum absolute atomic E-state index is 0.0446. The average Bonchev–Trinajstić information content (AvgIpc) is 2.97. The molecule has 0 unspecified atom stereocenters. The summed E-state index contributed by atoms with van der Waals surface area (Å²) < 4.78 is 1.98. The maximum absolute atomic E-state index is 13.1. The second kappa shape index (κ2) is 8.53. The number of imidazole rings is 1. The Morgan fingerprint density at radius 3 is 2.55 bits per heavy atom. The van der Waals surface area contributed by atoms with Crippen molar-refractivity contribution in [3.05, 3.63) is 65.5 Å². The molecular weight excluding hydrogens is 388 g/mol. The van der Waals surface area contributed by atoms with E-state index in [4.69, 9.17) is 0 Å². The van der Waals surface area contributed by atoms with Crippen LogP contribution in [0.1, 0.15) is 65.1 Å². The van der Waals surface area contributed by atoms with Gasteiger partial charge in [0.15, 0.2) is 5.82 Å². The molecule has 2 heterocycles. The Balaban J connectivity index is 1.35. The maximum atomic E-state index is 13.1. The molecule has 3 aromatic rings. The van der Waals surface area contributed by atoms with E-state index in [-0.39, 0.29) is 17.9 Å². The number of carbonyl (C=O) groups is 2. The molecule has 1 aliphatic heterocycles. The highest BCUT2D eigenvalue weighted by Crippen LogP contribution is 2.24. The van der Waals surface area contributed by atoms with E-state index in [0.717, 1.165) is 23.9 Å².